The van der Waals surface area contributed by atoms with Crippen molar-refractivity contribution in [1.29, 1.82) is 0 Å². The number of nitrogens with one attached hydrogen (secondary N) is 1. The van der Waals surface area contributed by atoms with Gasteiger partial charge in [0.05, 0.1) is 10.6 Å². The number of aromatic nitrogens is 2. The first kappa shape index (κ1) is 19.3. The Morgan fingerprint density at radius 1 is 1.07 bits per heavy atom. The van der Waals surface area contributed by atoms with Gasteiger partial charge in [0.15, 0.2) is 15.5 Å². The highest BCUT2D eigenvalue weighted by atomic mass is 32.2. The van der Waals surface area contributed by atoms with Crippen molar-refractivity contribution in [1.82, 2.24) is 15.1 Å². The van der Waals surface area contributed by atoms with Gasteiger partial charge in [-0.1, -0.05) is 30.3 Å². The smallest absolute Gasteiger partial charge is 0.272 e. The van der Waals surface area contributed by atoms with Crippen LogP contribution in [0.5, 0.6) is 0 Å². The fourth-order valence-electron chi connectivity index (χ4n) is 3.57. The molecular formula is C21H20FN3O3S. The molecule has 1 aliphatic rings. The molecule has 4 rings (SSSR count). The Morgan fingerprint density at radius 3 is 2.55 bits per heavy atom. The molecule has 0 fully saturated rings. The molecule has 29 heavy (non-hydrogen) atoms. The summed E-state index contributed by atoms with van der Waals surface area (Å²) in [5, 5.41) is 7.00. The van der Waals surface area contributed by atoms with Gasteiger partial charge in [-0.2, -0.15) is 5.10 Å². The van der Waals surface area contributed by atoms with E-state index in [9.17, 15) is 17.6 Å². The number of para-hydroxylation sites is 1. The third-order valence-corrected chi connectivity index (χ3v) is 6.72. The summed E-state index contributed by atoms with van der Waals surface area (Å²) in [7, 11) is -3.48. The number of fused-ring (bicyclic) bond motifs is 1. The Kier molecular flexibility index (Phi) is 5.19. The summed E-state index contributed by atoms with van der Waals surface area (Å²) in [4.78, 5) is 12.9. The zero-order valence-corrected chi connectivity index (χ0v) is 16.5. The molecule has 2 aromatic carbocycles. The summed E-state index contributed by atoms with van der Waals surface area (Å²) in [6, 6.07) is 14.4. The third kappa shape index (κ3) is 3.80. The Hall–Kier alpha value is -3.00. The molecule has 0 spiro atoms. The predicted molar refractivity (Wildman–Crippen MR) is 106 cm³/mol. The average molecular weight is 413 g/mol. The summed E-state index contributed by atoms with van der Waals surface area (Å²) in [5.41, 5.74) is 2.17. The van der Waals surface area contributed by atoms with Crippen molar-refractivity contribution < 1.29 is 17.6 Å². The molecule has 1 amide bonds. The molecule has 1 aromatic heterocycles. The molecule has 1 aliphatic carbocycles. The molecular weight excluding hydrogens is 393 g/mol. The zero-order chi connectivity index (χ0) is 20.4. The van der Waals surface area contributed by atoms with Crippen molar-refractivity contribution in [2.45, 2.75) is 24.2 Å². The van der Waals surface area contributed by atoms with Crippen LogP contribution in [0.3, 0.4) is 0 Å². The number of carbonyl (C=O) groups is 1. The number of carbonyl (C=O) groups excluding carboxylic acids is 1. The van der Waals surface area contributed by atoms with Gasteiger partial charge in [0.25, 0.3) is 5.91 Å². The topological polar surface area (TPSA) is 81.1 Å². The lowest BCUT2D eigenvalue weighted by Gasteiger charge is -2.07. The average Bonchev–Trinajstić information content (AvgIpc) is 3.32. The Bertz CT molecular complexity index is 1160. The van der Waals surface area contributed by atoms with E-state index in [1.165, 1.54) is 22.9 Å². The second-order valence-electron chi connectivity index (χ2n) is 6.88. The van der Waals surface area contributed by atoms with Gasteiger partial charge in [0, 0.05) is 17.8 Å². The minimum atomic E-state index is -3.48. The van der Waals surface area contributed by atoms with E-state index < -0.39 is 21.6 Å². The van der Waals surface area contributed by atoms with E-state index in [0.717, 1.165) is 17.7 Å². The Morgan fingerprint density at radius 2 is 1.79 bits per heavy atom. The van der Waals surface area contributed by atoms with Gasteiger partial charge in [0.1, 0.15) is 11.5 Å². The first-order valence-corrected chi connectivity index (χ1v) is 11.0. The molecule has 150 valence electrons. The number of halogens is 1. The summed E-state index contributed by atoms with van der Waals surface area (Å²) >= 11 is 0. The van der Waals surface area contributed by atoms with E-state index in [1.807, 2.05) is 0 Å². The molecule has 0 radical (unpaired) electrons. The van der Waals surface area contributed by atoms with Crippen LogP contribution in [0.1, 0.15) is 28.2 Å². The minimum absolute atomic E-state index is 0.0304. The number of rotatable bonds is 6. The van der Waals surface area contributed by atoms with Crippen LogP contribution in [0.4, 0.5) is 4.39 Å². The maximum Gasteiger partial charge on any atom is 0.272 e. The maximum absolute atomic E-state index is 14.2. The second-order valence-corrected chi connectivity index (χ2v) is 8.99. The molecule has 3 aromatic rings. The third-order valence-electron chi connectivity index (χ3n) is 4.98. The van der Waals surface area contributed by atoms with E-state index in [1.54, 1.807) is 36.4 Å². The molecule has 0 atom stereocenters. The van der Waals surface area contributed by atoms with E-state index in [4.69, 9.17) is 0 Å². The summed E-state index contributed by atoms with van der Waals surface area (Å²) in [6.07, 6.45) is 2.27. The number of amides is 1. The van der Waals surface area contributed by atoms with Gasteiger partial charge in [-0.25, -0.2) is 17.5 Å². The summed E-state index contributed by atoms with van der Waals surface area (Å²) in [5.74, 6) is -1.06. The van der Waals surface area contributed by atoms with Crippen LogP contribution < -0.4 is 5.32 Å². The fourth-order valence-corrected chi connectivity index (χ4v) is 4.75. The number of nitrogens with zero attached hydrogens (tertiary/aromatic N) is 2. The van der Waals surface area contributed by atoms with Gasteiger partial charge in [-0.15, -0.1) is 0 Å². The van der Waals surface area contributed by atoms with Crippen molar-refractivity contribution in [2.24, 2.45) is 0 Å². The number of sulfone groups is 1. The molecule has 8 heteroatoms. The second kappa shape index (κ2) is 7.79. The highest BCUT2D eigenvalue weighted by molar-refractivity contribution is 7.91. The normalized spacial score (nSPS) is 13.3. The van der Waals surface area contributed by atoms with E-state index in [2.05, 4.69) is 10.4 Å². The highest BCUT2D eigenvalue weighted by Crippen LogP contribution is 2.28. The lowest BCUT2D eigenvalue weighted by atomic mass is 10.2. The summed E-state index contributed by atoms with van der Waals surface area (Å²) < 4.78 is 40.4. The van der Waals surface area contributed by atoms with Crippen molar-refractivity contribution in [2.75, 3.05) is 12.3 Å². The minimum Gasteiger partial charge on any atom is -0.350 e. The van der Waals surface area contributed by atoms with Crippen LogP contribution in [0, 0.1) is 5.82 Å². The number of hydrogen-bond acceptors (Lipinski definition) is 4. The van der Waals surface area contributed by atoms with Crippen LogP contribution >= 0.6 is 0 Å². The van der Waals surface area contributed by atoms with Crippen LogP contribution in [0.2, 0.25) is 0 Å². The van der Waals surface area contributed by atoms with Crippen LogP contribution in [0.25, 0.3) is 5.69 Å². The number of hydrogen-bond donors (Lipinski definition) is 1. The van der Waals surface area contributed by atoms with Crippen molar-refractivity contribution in [3.8, 4) is 5.69 Å². The number of benzene rings is 2. The van der Waals surface area contributed by atoms with Gasteiger partial charge in [0.2, 0.25) is 0 Å². The summed E-state index contributed by atoms with van der Waals surface area (Å²) in [6.45, 7) is -0.0304. The maximum atomic E-state index is 14.2. The Labute approximate surface area is 168 Å². The molecule has 0 saturated heterocycles. The highest BCUT2D eigenvalue weighted by Gasteiger charge is 2.28. The van der Waals surface area contributed by atoms with E-state index in [0.29, 0.717) is 18.5 Å². The first-order valence-electron chi connectivity index (χ1n) is 9.39. The molecule has 1 N–H and O–H groups in total. The van der Waals surface area contributed by atoms with Crippen molar-refractivity contribution in [3.05, 3.63) is 77.4 Å². The molecule has 0 aliphatic heterocycles. The van der Waals surface area contributed by atoms with Crippen molar-refractivity contribution in [3.63, 3.8) is 0 Å². The monoisotopic (exact) mass is 413 g/mol. The first-order chi connectivity index (χ1) is 14.0. The molecule has 0 unspecified atom stereocenters. The van der Waals surface area contributed by atoms with E-state index in [-0.39, 0.29) is 22.9 Å². The van der Waals surface area contributed by atoms with Gasteiger partial charge in [-0.05, 0) is 43.5 Å². The van der Waals surface area contributed by atoms with Gasteiger partial charge < -0.3 is 5.32 Å². The fraction of sp³-hybridized carbons (Fsp3) is 0.238. The lowest BCUT2D eigenvalue weighted by Crippen LogP contribution is -2.30. The molecule has 0 bridgehead atoms. The lowest BCUT2D eigenvalue weighted by molar-refractivity contribution is 0.0950. The Balaban J connectivity index is 1.52. The van der Waals surface area contributed by atoms with Gasteiger partial charge in [-0.3, -0.25) is 4.79 Å². The molecule has 6 nitrogen and oxygen atoms in total. The van der Waals surface area contributed by atoms with Crippen LogP contribution in [-0.2, 0) is 22.7 Å². The predicted octanol–water partition coefficient (Wildman–Crippen LogP) is 2.70. The quantitative estimate of drug-likeness (QED) is 0.674. The zero-order valence-electron chi connectivity index (χ0n) is 15.6. The largest absolute Gasteiger partial charge is 0.350 e. The van der Waals surface area contributed by atoms with Crippen LogP contribution in [0.15, 0.2) is 59.5 Å². The van der Waals surface area contributed by atoms with Crippen LogP contribution in [-0.4, -0.2) is 36.4 Å². The SMILES string of the molecule is O=C(NCCS(=O)(=O)c1ccccc1)c1nn(-c2ccccc2F)c2c1CCC2. The molecule has 0 saturated carbocycles. The van der Waals surface area contributed by atoms with Gasteiger partial charge >= 0.3 is 0 Å². The molecule has 1 heterocycles. The van der Waals surface area contributed by atoms with E-state index >= 15 is 0 Å². The standard InChI is InChI=1S/C21H20FN3O3S/c22-17-10-4-5-11-19(17)25-18-12-6-9-16(18)20(24-25)21(26)23-13-14-29(27,28)15-7-2-1-3-8-15/h1-5,7-8,10-11H,6,9,12-14H2,(H,23,26). The van der Waals surface area contributed by atoms with Crippen molar-refractivity contribution >= 4 is 15.7 Å².